The van der Waals surface area contributed by atoms with Crippen molar-refractivity contribution in [2.75, 3.05) is 32.8 Å². The van der Waals surface area contributed by atoms with Gasteiger partial charge in [-0.3, -0.25) is 10.1 Å². The maximum absolute atomic E-state index is 10.9. The van der Waals surface area contributed by atoms with E-state index in [1.54, 1.807) is 12.1 Å². The fourth-order valence-electron chi connectivity index (χ4n) is 3.61. The zero-order valence-corrected chi connectivity index (χ0v) is 16.5. The lowest BCUT2D eigenvalue weighted by Crippen LogP contribution is -2.47. The Bertz CT molecular complexity index is 668. The number of piperidine rings is 1. The van der Waals surface area contributed by atoms with Gasteiger partial charge >= 0.3 is 0 Å². The molecule has 8 heteroatoms. The van der Waals surface area contributed by atoms with E-state index >= 15 is 0 Å². The Balaban J connectivity index is 1.51. The van der Waals surface area contributed by atoms with E-state index < -0.39 is 0 Å². The molecule has 28 heavy (non-hydrogen) atoms. The van der Waals surface area contributed by atoms with Crippen molar-refractivity contribution >= 4 is 11.6 Å². The molecule has 3 rings (SSSR count). The number of non-ortho nitro benzene ring substituents is 1. The average molecular weight is 390 g/mol. The Morgan fingerprint density at radius 3 is 2.89 bits per heavy atom. The van der Waals surface area contributed by atoms with Gasteiger partial charge in [0.2, 0.25) is 0 Å². The number of nitrogens with one attached hydrogen (secondary N) is 1. The summed E-state index contributed by atoms with van der Waals surface area (Å²) in [5.74, 6) is 0.853. The van der Waals surface area contributed by atoms with E-state index in [0.29, 0.717) is 13.2 Å². The number of nitrogens with zero attached hydrogens (tertiary/aromatic N) is 3. The Kier molecular flexibility index (Phi) is 7.62. The van der Waals surface area contributed by atoms with Crippen LogP contribution in [0.4, 0.5) is 5.69 Å². The molecular formula is C20H30N4O4. The maximum atomic E-state index is 10.9. The zero-order chi connectivity index (χ0) is 19.8. The first-order valence-corrected chi connectivity index (χ1v) is 10.2. The molecule has 2 fully saturated rings. The second kappa shape index (κ2) is 10.4. The number of benzene rings is 1. The number of guanidine groups is 1. The van der Waals surface area contributed by atoms with Gasteiger partial charge in [-0.1, -0.05) is 12.1 Å². The van der Waals surface area contributed by atoms with Gasteiger partial charge in [-0.2, -0.15) is 0 Å². The molecule has 2 saturated heterocycles. The summed E-state index contributed by atoms with van der Waals surface area (Å²) in [5.41, 5.74) is 0.932. The minimum atomic E-state index is -0.375. The fourth-order valence-corrected chi connectivity index (χ4v) is 3.61. The van der Waals surface area contributed by atoms with Crippen molar-refractivity contribution < 1.29 is 14.4 Å². The van der Waals surface area contributed by atoms with Gasteiger partial charge in [-0.15, -0.1) is 0 Å². The molecule has 1 aromatic rings. The van der Waals surface area contributed by atoms with Crippen molar-refractivity contribution in [3.8, 4) is 0 Å². The largest absolute Gasteiger partial charge is 0.376 e. The third kappa shape index (κ3) is 5.90. The molecule has 2 aliphatic heterocycles. The minimum absolute atomic E-state index is 0.0990. The first-order valence-electron chi connectivity index (χ1n) is 10.2. The number of nitro groups is 1. The lowest BCUT2D eigenvalue weighted by Gasteiger charge is -2.34. The van der Waals surface area contributed by atoms with Gasteiger partial charge in [-0.25, -0.2) is 4.99 Å². The maximum Gasteiger partial charge on any atom is 0.269 e. The molecule has 1 unspecified atom stereocenters. The highest BCUT2D eigenvalue weighted by atomic mass is 16.6. The van der Waals surface area contributed by atoms with Gasteiger partial charge in [-0.05, 0) is 38.2 Å². The molecule has 0 saturated carbocycles. The second-order valence-electron chi connectivity index (χ2n) is 7.25. The van der Waals surface area contributed by atoms with E-state index in [4.69, 9.17) is 9.47 Å². The van der Waals surface area contributed by atoms with Crippen molar-refractivity contribution in [3.05, 3.63) is 39.9 Å². The number of aliphatic imine (C=N–C) groups is 1. The summed E-state index contributed by atoms with van der Waals surface area (Å²) >= 11 is 0. The van der Waals surface area contributed by atoms with Gasteiger partial charge in [0, 0.05) is 38.4 Å². The normalized spacial score (nSPS) is 21.1. The molecule has 1 aromatic carbocycles. The van der Waals surface area contributed by atoms with Crippen LogP contribution in [0.1, 0.15) is 38.2 Å². The Labute approximate surface area is 166 Å². The van der Waals surface area contributed by atoms with Gasteiger partial charge in [0.05, 0.1) is 30.3 Å². The van der Waals surface area contributed by atoms with Crippen molar-refractivity contribution in [1.29, 1.82) is 0 Å². The van der Waals surface area contributed by atoms with E-state index in [1.165, 1.54) is 6.07 Å². The van der Waals surface area contributed by atoms with Crippen molar-refractivity contribution in [1.82, 2.24) is 10.2 Å². The molecule has 2 aliphatic rings. The van der Waals surface area contributed by atoms with Crippen molar-refractivity contribution in [2.24, 2.45) is 4.99 Å². The summed E-state index contributed by atoms with van der Waals surface area (Å²) in [4.78, 5) is 17.5. The molecule has 154 valence electrons. The Hall–Kier alpha value is -2.19. The van der Waals surface area contributed by atoms with Crippen LogP contribution >= 0.6 is 0 Å². The highest BCUT2D eigenvalue weighted by Gasteiger charge is 2.24. The van der Waals surface area contributed by atoms with Crippen molar-refractivity contribution in [2.45, 2.75) is 51.4 Å². The summed E-state index contributed by atoms with van der Waals surface area (Å²) in [6.45, 7) is 6.57. The molecular weight excluding hydrogens is 360 g/mol. The second-order valence-corrected chi connectivity index (χ2v) is 7.25. The molecule has 8 nitrogen and oxygen atoms in total. The molecule has 0 spiro atoms. The number of likely N-dealkylation sites (tertiary alicyclic amines) is 1. The van der Waals surface area contributed by atoms with Crippen LogP contribution in [0.25, 0.3) is 0 Å². The van der Waals surface area contributed by atoms with Crippen LogP contribution in [0.2, 0.25) is 0 Å². The van der Waals surface area contributed by atoms with E-state index in [1.807, 2.05) is 13.0 Å². The summed E-state index contributed by atoms with van der Waals surface area (Å²) in [5, 5.41) is 14.3. The number of hydrogen-bond donors (Lipinski definition) is 1. The molecule has 1 atom stereocenters. The zero-order valence-electron chi connectivity index (χ0n) is 16.5. The summed E-state index contributed by atoms with van der Waals surface area (Å²) in [6, 6.07) is 6.65. The van der Waals surface area contributed by atoms with Gasteiger partial charge in [0.1, 0.15) is 0 Å². The fraction of sp³-hybridized carbons (Fsp3) is 0.650. The van der Waals surface area contributed by atoms with E-state index in [0.717, 1.165) is 63.4 Å². The van der Waals surface area contributed by atoms with Gasteiger partial charge in [0.15, 0.2) is 5.96 Å². The minimum Gasteiger partial charge on any atom is -0.376 e. The summed E-state index contributed by atoms with van der Waals surface area (Å²) in [7, 11) is 0. The lowest BCUT2D eigenvalue weighted by atomic mass is 10.1. The smallest absolute Gasteiger partial charge is 0.269 e. The predicted octanol–water partition coefficient (Wildman–Crippen LogP) is 2.72. The molecule has 0 radical (unpaired) electrons. The van der Waals surface area contributed by atoms with Crippen LogP contribution in [-0.4, -0.2) is 60.8 Å². The highest BCUT2D eigenvalue weighted by Crippen LogP contribution is 2.18. The van der Waals surface area contributed by atoms with Gasteiger partial charge in [0.25, 0.3) is 5.69 Å². The number of nitro benzene ring substituents is 1. The molecule has 0 amide bonds. The highest BCUT2D eigenvalue weighted by molar-refractivity contribution is 5.80. The van der Waals surface area contributed by atoms with Crippen LogP contribution in [-0.2, 0) is 16.0 Å². The Morgan fingerprint density at radius 2 is 2.21 bits per heavy atom. The first kappa shape index (κ1) is 20.5. The van der Waals surface area contributed by atoms with Crippen LogP contribution in [0.5, 0.6) is 0 Å². The van der Waals surface area contributed by atoms with E-state index in [-0.39, 0.29) is 22.8 Å². The summed E-state index contributed by atoms with van der Waals surface area (Å²) in [6.07, 6.45) is 4.72. The first-order chi connectivity index (χ1) is 13.7. The van der Waals surface area contributed by atoms with E-state index in [2.05, 4.69) is 15.2 Å². The SMILES string of the molecule is CCNC(=NCc1cccc([N+](=O)[O-])c1)N1CCC(OCC2CCCO2)CC1. The number of rotatable bonds is 7. The van der Waals surface area contributed by atoms with Crippen LogP contribution < -0.4 is 5.32 Å². The quantitative estimate of drug-likeness (QED) is 0.333. The molecule has 1 N–H and O–H groups in total. The molecule has 0 bridgehead atoms. The third-order valence-corrected chi connectivity index (χ3v) is 5.15. The van der Waals surface area contributed by atoms with Crippen LogP contribution in [0.3, 0.4) is 0 Å². The standard InChI is InChI=1S/C20H30N4O4/c1-2-21-20(22-14-16-5-3-6-17(13-16)24(25)26)23-10-8-18(9-11-23)28-15-19-7-4-12-27-19/h3,5-6,13,18-19H,2,4,7-12,14-15H2,1H3,(H,21,22). The molecule has 2 heterocycles. The number of ether oxygens (including phenoxy) is 2. The molecule has 0 aromatic heterocycles. The topological polar surface area (TPSA) is 89.2 Å². The predicted molar refractivity (Wildman–Crippen MR) is 107 cm³/mol. The number of hydrogen-bond acceptors (Lipinski definition) is 5. The van der Waals surface area contributed by atoms with Crippen molar-refractivity contribution in [3.63, 3.8) is 0 Å². The third-order valence-electron chi connectivity index (χ3n) is 5.15. The lowest BCUT2D eigenvalue weighted by molar-refractivity contribution is -0.384. The summed E-state index contributed by atoms with van der Waals surface area (Å²) < 4.78 is 11.7. The average Bonchev–Trinajstić information content (AvgIpc) is 3.24. The van der Waals surface area contributed by atoms with Gasteiger partial charge < -0.3 is 19.7 Å². The Morgan fingerprint density at radius 1 is 1.39 bits per heavy atom. The van der Waals surface area contributed by atoms with E-state index in [9.17, 15) is 10.1 Å². The van der Waals surface area contributed by atoms with Crippen LogP contribution in [0, 0.1) is 10.1 Å². The monoisotopic (exact) mass is 390 g/mol. The molecule has 0 aliphatic carbocycles. The van der Waals surface area contributed by atoms with Crippen LogP contribution in [0.15, 0.2) is 29.3 Å².